The summed E-state index contributed by atoms with van der Waals surface area (Å²) in [6.45, 7) is 3.91. The number of hydrogen-bond acceptors (Lipinski definition) is 5. The lowest BCUT2D eigenvalue weighted by Crippen LogP contribution is -1.96. The van der Waals surface area contributed by atoms with E-state index in [1.807, 2.05) is 56.3 Å². The third-order valence-electron chi connectivity index (χ3n) is 3.44. The molecule has 0 spiro atoms. The normalized spacial score (nSPS) is 11.1. The number of nitrogens with one attached hydrogen (secondary N) is 1. The van der Waals surface area contributed by atoms with Crippen LogP contribution in [0.4, 0.5) is 5.69 Å². The number of aryl methyl sites for hydroxylation is 2. The minimum atomic E-state index is 0.788. The van der Waals surface area contributed by atoms with Gasteiger partial charge in [-0.05, 0) is 50.2 Å². The van der Waals surface area contributed by atoms with Crippen LogP contribution in [0.15, 0.2) is 47.6 Å². The lowest BCUT2D eigenvalue weighted by Gasteiger charge is -2.08. The van der Waals surface area contributed by atoms with Crippen LogP contribution >= 0.6 is 0 Å². The number of nitrogens with zero attached hydrogens (tertiary/aromatic N) is 3. The molecule has 0 saturated carbocycles. The number of aromatic nitrogens is 2. The molecule has 3 aromatic rings. The highest BCUT2D eigenvalue weighted by Crippen LogP contribution is 2.27. The topological polar surface area (TPSA) is 59.4 Å². The number of methoxy groups -OCH3 is 1. The largest absolute Gasteiger partial charge is 0.497 e. The Morgan fingerprint density at radius 3 is 2.70 bits per heavy atom. The molecule has 0 radical (unpaired) electrons. The van der Waals surface area contributed by atoms with E-state index >= 15 is 0 Å². The zero-order valence-electron chi connectivity index (χ0n) is 13.4. The van der Waals surface area contributed by atoms with E-state index in [9.17, 15) is 0 Å². The number of pyridine rings is 2. The van der Waals surface area contributed by atoms with Gasteiger partial charge < -0.3 is 4.74 Å². The minimum absolute atomic E-state index is 0.788. The predicted molar refractivity (Wildman–Crippen MR) is 93.2 cm³/mol. The summed E-state index contributed by atoms with van der Waals surface area (Å²) in [5, 5.41) is 5.26. The lowest BCUT2D eigenvalue weighted by atomic mass is 10.1. The maximum absolute atomic E-state index is 5.29. The second-order valence-corrected chi connectivity index (χ2v) is 5.27. The van der Waals surface area contributed by atoms with Gasteiger partial charge in [-0.15, -0.1) is 0 Å². The highest BCUT2D eigenvalue weighted by atomic mass is 16.5. The lowest BCUT2D eigenvalue weighted by molar-refractivity contribution is 0.415. The van der Waals surface area contributed by atoms with Crippen molar-refractivity contribution >= 4 is 22.8 Å². The maximum atomic E-state index is 5.29. The molecule has 0 amide bonds. The van der Waals surface area contributed by atoms with Crippen LogP contribution in [-0.2, 0) is 0 Å². The van der Waals surface area contributed by atoms with Crippen LogP contribution in [0.2, 0.25) is 0 Å². The first kappa shape index (κ1) is 15.0. The molecule has 5 nitrogen and oxygen atoms in total. The van der Waals surface area contributed by atoms with Crippen LogP contribution in [0.5, 0.6) is 5.75 Å². The average Bonchev–Trinajstić information content (AvgIpc) is 2.54. The Labute approximate surface area is 135 Å². The Hall–Kier alpha value is -2.95. The Kier molecular flexibility index (Phi) is 4.19. The molecular formula is C18H18N4O. The molecule has 2 aromatic heterocycles. The molecule has 0 fully saturated rings. The molecule has 0 bridgehead atoms. The van der Waals surface area contributed by atoms with Gasteiger partial charge in [0.1, 0.15) is 5.75 Å². The van der Waals surface area contributed by atoms with Gasteiger partial charge in [-0.2, -0.15) is 5.10 Å². The van der Waals surface area contributed by atoms with Crippen LogP contribution in [0.3, 0.4) is 0 Å². The first-order valence-corrected chi connectivity index (χ1v) is 7.34. The number of benzene rings is 1. The molecule has 116 valence electrons. The van der Waals surface area contributed by atoms with Crippen molar-refractivity contribution in [1.29, 1.82) is 0 Å². The summed E-state index contributed by atoms with van der Waals surface area (Å²) in [7, 11) is 1.65. The molecule has 0 atom stereocenters. The van der Waals surface area contributed by atoms with Gasteiger partial charge in [0.05, 0.1) is 30.2 Å². The van der Waals surface area contributed by atoms with Crippen LogP contribution in [0.1, 0.15) is 17.1 Å². The fourth-order valence-corrected chi connectivity index (χ4v) is 2.36. The van der Waals surface area contributed by atoms with E-state index in [2.05, 4.69) is 20.5 Å². The van der Waals surface area contributed by atoms with Gasteiger partial charge in [0.25, 0.3) is 0 Å². The predicted octanol–water partition coefficient (Wildman–Crippen LogP) is 3.70. The van der Waals surface area contributed by atoms with Crippen LogP contribution in [0, 0.1) is 13.8 Å². The molecule has 3 rings (SSSR count). The summed E-state index contributed by atoms with van der Waals surface area (Å²) in [4.78, 5) is 8.92. The third kappa shape index (κ3) is 3.45. The molecule has 0 aliphatic heterocycles. The first-order valence-electron chi connectivity index (χ1n) is 7.34. The van der Waals surface area contributed by atoms with Gasteiger partial charge in [0.2, 0.25) is 0 Å². The van der Waals surface area contributed by atoms with Gasteiger partial charge >= 0.3 is 0 Å². The van der Waals surface area contributed by atoms with Gasteiger partial charge in [-0.1, -0.05) is 6.07 Å². The molecule has 5 heteroatoms. The third-order valence-corrected chi connectivity index (χ3v) is 3.44. The smallest absolute Gasteiger partial charge is 0.119 e. The summed E-state index contributed by atoms with van der Waals surface area (Å²) >= 11 is 0. The maximum Gasteiger partial charge on any atom is 0.119 e. The number of anilines is 1. The molecule has 0 aliphatic carbocycles. The van der Waals surface area contributed by atoms with Gasteiger partial charge in [-0.25, -0.2) is 0 Å². The summed E-state index contributed by atoms with van der Waals surface area (Å²) in [5.74, 6) is 0.788. The minimum Gasteiger partial charge on any atom is -0.497 e. The van der Waals surface area contributed by atoms with Crippen molar-refractivity contribution in [1.82, 2.24) is 9.97 Å². The van der Waals surface area contributed by atoms with Gasteiger partial charge in [0, 0.05) is 16.8 Å². The molecular weight excluding hydrogens is 288 g/mol. The van der Waals surface area contributed by atoms with Crippen molar-refractivity contribution < 1.29 is 4.74 Å². The Balaban J connectivity index is 1.92. The number of ether oxygens (including phenoxy) is 1. The van der Waals surface area contributed by atoms with Crippen LogP contribution in [-0.4, -0.2) is 23.3 Å². The van der Waals surface area contributed by atoms with E-state index < -0.39 is 0 Å². The van der Waals surface area contributed by atoms with E-state index in [0.717, 1.165) is 39.4 Å². The highest BCUT2D eigenvalue weighted by Gasteiger charge is 2.05. The van der Waals surface area contributed by atoms with Crippen LogP contribution < -0.4 is 10.2 Å². The standard InChI is InChI=1S/C18H18N4O/c1-12-5-4-6-14(20-12)11-19-22-18-9-13(2)21-17-8-7-15(23-3)10-16(17)18/h4-11H,1-3H3,(H,21,22). The molecule has 0 saturated heterocycles. The summed E-state index contributed by atoms with van der Waals surface area (Å²) in [5.41, 5.74) is 7.56. The molecule has 0 aliphatic rings. The molecule has 0 unspecified atom stereocenters. The SMILES string of the molecule is COc1ccc2nc(C)cc(NN=Cc3cccc(C)n3)c2c1. The number of fused-ring (bicyclic) bond motifs is 1. The number of hydrazone groups is 1. The van der Waals surface area contributed by atoms with Gasteiger partial charge in [0.15, 0.2) is 0 Å². The summed E-state index contributed by atoms with van der Waals surface area (Å²) in [6, 6.07) is 13.6. The Bertz CT molecular complexity index is 874. The van der Waals surface area contributed by atoms with E-state index in [1.54, 1.807) is 13.3 Å². The Morgan fingerprint density at radius 2 is 1.91 bits per heavy atom. The summed E-state index contributed by atoms with van der Waals surface area (Å²) < 4.78 is 5.29. The highest BCUT2D eigenvalue weighted by molar-refractivity contribution is 5.93. The fourth-order valence-electron chi connectivity index (χ4n) is 2.36. The van der Waals surface area contributed by atoms with E-state index in [4.69, 9.17) is 4.74 Å². The monoisotopic (exact) mass is 306 g/mol. The first-order chi connectivity index (χ1) is 11.2. The van der Waals surface area contributed by atoms with Crippen molar-refractivity contribution in [3.8, 4) is 5.75 Å². The van der Waals surface area contributed by atoms with Crippen molar-refractivity contribution in [2.75, 3.05) is 12.5 Å². The number of rotatable bonds is 4. The van der Waals surface area contributed by atoms with Crippen LogP contribution in [0.25, 0.3) is 10.9 Å². The van der Waals surface area contributed by atoms with E-state index in [-0.39, 0.29) is 0 Å². The number of hydrogen-bond donors (Lipinski definition) is 1. The quantitative estimate of drug-likeness (QED) is 0.590. The van der Waals surface area contributed by atoms with Crippen molar-refractivity contribution in [3.05, 3.63) is 59.5 Å². The van der Waals surface area contributed by atoms with Crippen molar-refractivity contribution in [2.45, 2.75) is 13.8 Å². The molecule has 1 aromatic carbocycles. The molecule has 1 N–H and O–H groups in total. The fraction of sp³-hybridized carbons (Fsp3) is 0.167. The van der Waals surface area contributed by atoms with E-state index in [0.29, 0.717) is 0 Å². The van der Waals surface area contributed by atoms with E-state index in [1.165, 1.54) is 0 Å². The van der Waals surface area contributed by atoms with Gasteiger partial charge in [-0.3, -0.25) is 15.4 Å². The zero-order valence-corrected chi connectivity index (χ0v) is 13.4. The Morgan fingerprint density at radius 1 is 1.04 bits per heavy atom. The van der Waals surface area contributed by atoms with Crippen molar-refractivity contribution in [3.63, 3.8) is 0 Å². The second-order valence-electron chi connectivity index (χ2n) is 5.27. The summed E-state index contributed by atoms with van der Waals surface area (Å²) in [6.07, 6.45) is 1.70. The average molecular weight is 306 g/mol. The molecule has 23 heavy (non-hydrogen) atoms. The molecule has 2 heterocycles. The van der Waals surface area contributed by atoms with Crippen molar-refractivity contribution in [2.24, 2.45) is 5.10 Å². The zero-order chi connectivity index (χ0) is 16.2. The second kappa shape index (κ2) is 6.44.